The van der Waals surface area contributed by atoms with E-state index in [1.807, 2.05) is 0 Å². The van der Waals surface area contributed by atoms with E-state index in [-0.39, 0.29) is 11.3 Å². The third kappa shape index (κ3) is 9.60. The number of fused-ring (bicyclic) bond motifs is 5. The summed E-state index contributed by atoms with van der Waals surface area (Å²) in [6.07, 6.45) is -11.5. The van der Waals surface area contributed by atoms with Crippen molar-refractivity contribution in [3.63, 3.8) is 0 Å². The van der Waals surface area contributed by atoms with Gasteiger partial charge in [-0.05, 0) is 59.6 Å². The maximum Gasteiger partial charge on any atom is 0.426 e. The quantitative estimate of drug-likeness (QED) is 0.188. The Bertz CT molecular complexity index is 1750. The Morgan fingerprint density at radius 1 is 0.865 bits per heavy atom. The summed E-state index contributed by atoms with van der Waals surface area (Å²) in [6, 6.07) is 8.34. The van der Waals surface area contributed by atoms with E-state index < -0.39 is 101 Å². The third-order valence-corrected chi connectivity index (χ3v) is 7.27. The SMILES string of the molecule is CC1(C)CC=CC[C@](OCc2ccccc2)(C(F)(F)F)c2nnc(o2)-c2nc(c(C(F)(F)F)cc2N(C(=O)OC(C)(C)C)C(=O)OC(C)(C)C)OC1. The second kappa shape index (κ2) is 14.4. The fourth-order valence-electron chi connectivity index (χ4n) is 4.78. The minimum atomic E-state index is -5.19. The summed E-state index contributed by atoms with van der Waals surface area (Å²) >= 11 is 0. The monoisotopic (exact) mass is 742 g/mol. The van der Waals surface area contributed by atoms with Crippen molar-refractivity contribution in [3.05, 3.63) is 65.6 Å². The predicted octanol–water partition coefficient (Wildman–Crippen LogP) is 9.56. The van der Waals surface area contributed by atoms with E-state index in [4.69, 9.17) is 23.4 Å². The van der Waals surface area contributed by atoms with Gasteiger partial charge in [0.05, 0.1) is 18.9 Å². The molecule has 284 valence electrons. The lowest BCUT2D eigenvalue weighted by atomic mass is 9.89. The predicted molar refractivity (Wildman–Crippen MR) is 174 cm³/mol. The molecule has 3 heterocycles. The number of nitrogens with zero attached hydrogens (tertiary/aromatic N) is 4. The number of pyridine rings is 1. The number of carbonyl (C=O) groups excluding carboxylic acids is 2. The van der Waals surface area contributed by atoms with Crippen LogP contribution in [-0.2, 0) is 32.6 Å². The lowest BCUT2D eigenvalue weighted by Crippen LogP contribution is -2.45. The fourth-order valence-corrected chi connectivity index (χ4v) is 4.78. The van der Waals surface area contributed by atoms with Gasteiger partial charge in [-0.3, -0.25) is 0 Å². The molecule has 1 aliphatic heterocycles. The summed E-state index contributed by atoms with van der Waals surface area (Å²) in [4.78, 5) is 31.3. The van der Waals surface area contributed by atoms with Crippen LogP contribution in [-0.4, -0.2) is 51.4 Å². The van der Waals surface area contributed by atoms with Crippen molar-refractivity contribution in [3.8, 4) is 17.5 Å². The molecule has 0 fully saturated rings. The van der Waals surface area contributed by atoms with E-state index in [1.54, 1.807) is 44.2 Å². The van der Waals surface area contributed by atoms with Gasteiger partial charge in [0, 0.05) is 11.8 Å². The van der Waals surface area contributed by atoms with Crippen molar-refractivity contribution in [1.29, 1.82) is 0 Å². The van der Waals surface area contributed by atoms with E-state index in [1.165, 1.54) is 53.7 Å². The Labute approximate surface area is 296 Å². The molecular weight excluding hydrogens is 702 g/mol. The van der Waals surface area contributed by atoms with Gasteiger partial charge in [-0.15, -0.1) is 10.2 Å². The zero-order valence-corrected chi connectivity index (χ0v) is 29.9. The van der Waals surface area contributed by atoms with E-state index in [9.17, 15) is 22.8 Å². The van der Waals surface area contributed by atoms with Crippen molar-refractivity contribution in [2.45, 2.75) is 104 Å². The smallest absolute Gasteiger partial charge is 0.426 e. The minimum Gasteiger partial charge on any atom is -0.477 e. The molecule has 4 rings (SSSR count). The maximum atomic E-state index is 15.3. The normalized spacial score (nSPS) is 18.2. The molecule has 0 saturated carbocycles. The van der Waals surface area contributed by atoms with E-state index in [0.717, 1.165) is 0 Å². The number of hydrogen-bond acceptors (Lipinski definition) is 10. The first-order valence-corrected chi connectivity index (χ1v) is 16.1. The number of alkyl halides is 6. The van der Waals surface area contributed by atoms with Gasteiger partial charge >= 0.3 is 24.5 Å². The van der Waals surface area contributed by atoms with Crippen molar-refractivity contribution in [1.82, 2.24) is 15.2 Å². The van der Waals surface area contributed by atoms with Crippen LogP contribution >= 0.6 is 0 Å². The van der Waals surface area contributed by atoms with Crippen LogP contribution < -0.4 is 9.64 Å². The molecule has 17 heteroatoms. The summed E-state index contributed by atoms with van der Waals surface area (Å²) in [5.74, 6) is -3.06. The molecular formula is C35H40F6N4O7. The van der Waals surface area contributed by atoms with Crippen LogP contribution in [0.15, 0.2) is 53.0 Å². The average molecular weight is 743 g/mol. The summed E-state index contributed by atoms with van der Waals surface area (Å²) in [5, 5.41) is 7.38. The molecule has 1 atom stereocenters. The zero-order valence-electron chi connectivity index (χ0n) is 29.9. The molecule has 3 aromatic rings. The highest BCUT2D eigenvalue weighted by molar-refractivity contribution is 6.11. The topological polar surface area (TPSA) is 126 Å². The van der Waals surface area contributed by atoms with Crippen LogP contribution in [0, 0.1) is 5.41 Å². The molecule has 1 aromatic carbocycles. The molecule has 1 aliphatic rings. The van der Waals surface area contributed by atoms with Crippen LogP contribution in [0.1, 0.15) is 85.2 Å². The van der Waals surface area contributed by atoms with Crippen LogP contribution in [0.3, 0.4) is 0 Å². The molecule has 0 N–H and O–H groups in total. The summed E-state index contributed by atoms with van der Waals surface area (Å²) in [6.45, 7) is 10.9. The molecule has 0 spiro atoms. The first-order valence-electron chi connectivity index (χ1n) is 16.1. The molecule has 0 unspecified atom stereocenters. The van der Waals surface area contributed by atoms with Crippen LogP contribution in [0.4, 0.5) is 41.6 Å². The zero-order chi connectivity index (χ0) is 38.9. The van der Waals surface area contributed by atoms with E-state index >= 15 is 13.2 Å². The first kappa shape index (κ1) is 40.1. The van der Waals surface area contributed by atoms with Gasteiger partial charge in [0.1, 0.15) is 16.8 Å². The van der Waals surface area contributed by atoms with Gasteiger partial charge in [-0.1, -0.05) is 56.3 Å². The standard InChI is InChI=1S/C35H40F6N4O7/c1-30(2,3)51-28(46)45(29(47)52-31(4,5)6)23-18-22(34(36,37)38)25-42-24(23)26-43-44-27(50-26)33(35(39,40)41,49-19-21-14-10-9-11-15-21)17-13-12-16-32(7,8)20-48-25/h9-15,18H,16-17,19-20H2,1-8H3/t33-/m1/s1. The largest absolute Gasteiger partial charge is 0.477 e. The van der Waals surface area contributed by atoms with Gasteiger partial charge in [0.25, 0.3) is 11.8 Å². The molecule has 0 saturated heterocycles. The Morgan fingerprint density at radius 2 is 1.44 bits per heavy atom. The van der Waals surface area contributed by atoms with Gasteiger partial charge in [0.2, 0.25) is 11.5 Å². The summed E-state index contributed by atoms with van der Waals surface area (Å²) < 4.78 is 117. The highest BCUT2D eigenvalue weighted by Gasteiger charge is 2.61. The lowest BCUT2D eigenvalue weighted by molar-refractivity contribution is -0.295. The fraction of sp³-hybridized carbons (Fsp3) is 0.514. The van der Waals surface area contributed by atoms with Crippen molar-refractivity contribution in [2.24, 2.45) is 5.41 Å². The highest BCUT2D eigenvalue weighted by atomic mass is 19.4. The molecule has 11 nitrogen and oxygen atoms in total. The van der Waals surface area contributed by atoms with Crippen LogP contribution in [0.25, 0.3) is 11.6 Å². The Kier molecular flexibility index (Phi) is 11.1. The Balaban J connectivity index is 2.06. The van der Waals surface area contributed by atoms with Gasteiger partial charge in [-0.2, -0.15) is 31.2 Å². The summed E-state index contributed by atoms with van der Waals surface area (Å²) in [7, 11) is 0. The van der Waals surface area contributed by atoms with Crippen molar-refractivity contribution >= 4 is 17.9 Å². The Hall–Kier alpha value is -4.67. The average Bonchev–Trinajstić information content (AvgIpc) is 3.47. The number of allylic oxidation sites excluding steroid dienone is 1. The molecule has 52 heavy (non-hydrogen) atoms. The molecule has 0 aliphatic carbocycles. The van der Waals surface area contributed by atoms with E-state index in [0.29, 0.717) is 11.6 Å². The van der Waals surface area contributed by atoms with Crippen LogP contribution in [0.2, 0.25) is 0 Å². The van der Waals surface area contributed by atoms with E-state index in [2.05, 4.69) is 15.2 Å². The number of imide groups is 1. The number of amides is 2. The Morgan fingerprint density at radius 3 is 1.98 bits per heavy atom. The van der Waals surface area contributed by atoms with Crippen molar-refractivity contribution < 1.29 is 59.3 Å². The number of halogens is 6. The molecule has 2 amide bonds. The number of ether oxygens (including phenoxy) is 4. The molecule has 0 radical (unpaired) electrons. The number of carbonyl (C=O) groups is 2. The van der Waals surface area contributed by atoms with Gasteiger partial charge < -0.3 is 23.4 Å². The van der Waals surface area contributed by atoms with Gasteiger partial charge in [-0.25, -0.2) is 14.6 Å². The molecule has 2 aromatic heterocycles. The number of hydrogen-bond donors (Lipinski definition) is 0. The minimum absolute atomic E-state index is 0.0616. The third-order valence-electron chi connectivity index (χ3n) is 7.27. The second-order valence-corrected chi connectivity index (χ2v) is 14.8. The highest BCUT2D eigenvalue weighted by Crippen LogP contribution is 2.48. The lowest BCUT2D eigenvalue weighted by Gasteiger charge is -2.32. The first-order chi connectivity index (χ1) is 23.8. The molecule has 4 bridgehead atoms. The summed E-state index contributed by atoms with van der Waals surface area (Å²) in [5.41, 5.74) is -9.68. The number of benzene rings is 1. The number of aromatic nitrogens is 3. The number of anilines is 1. The van der Waals surface area contributed by atoms with Crippen LogP contribution in [0.5, 0.6) is 5.88 Å². The second-order valence-electron chi connectivity index (χ2n) is 14.8. The van der Waals surface area contributed by atoms with Gasteiger partial charge in [0.15, 0.2) is 5.69 Å². The maximum absolute atomic E-state index is 15.3. The number of rotatable bonds is 4. The van der Waals surface area contributed by atoms with Crippen molar-refractivity contribution in [2.75, 3.05) is 11.5 Å².